The van der Waals surface area contributed by atoms with Crippen molar-refractivity contribution in [2.75, 3.05) is 5.73 Å². The van der Waals surface area contributed by atoms with Gasteiger partial charge in [0, 0.05) is 5.03 Å². The Hall–Kier alpha value is -1.79. The van der Waals surface area contributed by atoms with Crippen molar-refractivity contribution >= 4 is 39.2 Å². The standard InChI is InChI=1S/C13H6Cl2F10N4S/c14-5-1-4(30(21,22,23,24)25)2-6(15)9(5)29-10(27)8(7(3-26)28-29)11(16)12(17,18)13(11,19)20/h1-2,5,9H,27H2. The van der Waals surface area contributed by atoms with Gasteiger partial charge in [0.2, 0.25) is 0 Å². The van der Waals surface area contributed by atoms with Gasteiger partial charge in [-0.05, 0) is 12.2 Å². The Bertz CT molecular complexity index is 1060. The highest BCUT2D eigenvalue weighted by atomic mass is 35.5. The van der Waals surface area contributed by atoms with Crippen LogP contribution in [0.25, 0.3) is 0 Å². The SMILES string of the molecule is N#Cc1nn(C2C(Cl)=CC(S(F)(F)(F)(F)F)=CC2Cl)c(N)c1C1(F)C(F)(F)C1(F)F. The number of aromatic nitrogens is 2. The smallest absolute Gasteiger partial charge is 0.358 e. The third-order valence-electron chi connectivity index (χ3n) is 4.49. The van der Waals surface area contributed by atoms with Gasteiger partial charge < -0.3 is 5.73 Å². The van der Waals surface area contributed by atoms with E-state index in [2.05, 4.69) is 5.10 Å². The molecule has 2 atom stereocenters. The number of nitrogens with two attached hydrogens (primary N) is 1. The first kappa shape index (κ1) is 22.9. The monoisotopic (exact) mass is 510 g/mol. The van der Waals surface area contributed by atoms with Crippen molar-refractivity contribution in [2.45, 2.75) is 28.9 Å². The number of nitriles is 1. The maximum Gasteiger partial charge on any atom is 0.358 e. The fourth-order valence-electron chi connectivity index (χ4n) is 2.94. The summed E-state index contributed by atoms with van der Waals surface area (Å²) in [4.78, 5) is -2.48. The molecule has 0 aromatic carbocycles. The van der Waals surface area contributed by atoms with Crippen LogP contribution in [0.3, 0.4) is 0 Å². The van der Waals surface area contributed by atoms with Gasteiger partial charge in [-0.15, -0.1) is 11.6 Å². The number of alkyl halides is 6. The first-order chi connectivity index (χ1) is 13.1. The summed E-state index contributed by atoms with van der Waals surface area (Å²) < 4.78 is 133. The van der Waals surface area contributed by atoms with E-state index in [4.69, 9.17) is 34.2 Å². The molecule has 0 radical (unpaired) electrons. The van der Waals surface area contributed by atoms with Gasteiger partial charge in [0.25, 0.3) is 5.67 Å². The highest BCUT2D eigenvalue weighted by Gasteiger charge is 3.00. The van der Waals surface area contributed by atoms with E-state index in [1.165, 1.54) is 0 Å². The van der Waals surface area contributed by atoms with Gasteiger partial charge in [-0.25, -0.2) is 9.07 Å². The van der Waals surface area contributed by atoms with E-state index in [1.54, 1.807) is 0 Å². The lowest BCUT2D eigenvalue weighted by Crippen LogP contribution is -2.26. The molecule has 1 fully saturated rings. The van der Waals surface area contributed by atoms with E-state index < -0.39 is 66.2 Å². The molecule has 1 saturated carbocycles. The number of nitrogen functional groups attached to an aromatic ring is 1. The second-order valence-corrected chi connectivity index (χ2v) is 9.78. The molecule has 0 saturated heterocycles. The molecule has 2 aliphatic rings. The third kappa shape index (κ3) is 2.79. The number of halogens is 12. The predicted octanol–water partition coefficient (Wildman–Crippen LogP) is 6.25. The zero-order valence-electron chi connectivity index (χ0n) is 13.7. The quantitative estimate of drug-likeness (QED) is 0.385. The predicted molar refractivity (Wildman–Crippen MR) is 87.9 cm³/mol. The molecule has 168 valence electrons. The number of hydrogen-bond acceptors (Lipinski definition) is 3. The lowest BCUT2D eigenvalue weighted by atomic mass is 10.1. The molecule has 2 aliphatic carbocycles. The van der Waals surface area contributed by atoms with Gasteiger partial charge >= 0.3 is 22.1 Å². The van der Waals surface area contributed by atoms with Crippen LogP contribution < -0.4 is 5.73 Å². The Balaban J connectivity index is 2.15. The van der Waals surface area contributed by atoms with Crippen LogP contribution in [-0.2, 0) is 5.67 Å². The number of allylic oxidation sites excluding steroid dienone is 3. The van der Waals surface area contributed by atoms with Crippen molar-refractivity contribution in [1.82, 2.24) is 9.78 Å². The summed E-state index contributed by atoms with van der Waals surface area (Å²) in [7, 11) is -10.2. The molecule has 2 unspecified atom stereocenters. The van der Waals surface area contributed by atoms with Crippen LogP contribution >= 0.6 is 33.4 Å². The van der Waals surface area contributed by atoms with E-state index in [0.29, 0.717) is 0 Å². The third-order valence-corrected chi connectivity index (χ3v) is 6.33. The lowest BCUT2D eigenvalue weighted by Gasteiger charge is -2.43. The average Bonchev–Trinajstić information content (AvgIpc) is 2.80. The summed E-state index contributed by atoms with van der Waals surface area (Å²) in [6, 6.07) is -0.869. The lowest BCUT2D eigenvalue weighted by molar-refractivity contribution is -0.0278. The van der Waals surface area contributed by atoms with Crippen molar-refractivity contribution in [2.24, 2.45) is 0 Å². The molecule has 4 nitrogen and oxygen atoms in total. The Labute approximate surface area is 170 Å². The van der Waals surface area contributed by atoms with Crippen molar-refractivity contribution in [3.8, 4) is 6.07 Å². The van der Waals surface area contributed by atoms with Gasteiger partial charge in [-0.3, -0.25) is 0 Å². The molecular formula is C13H6Cl2F10N4S. The summed E-state index contributed by atoms with van der Waals surface area (Å²) in [6.07, 6.45) is -0.427. The normalized spacial score (nSPS) is 29.2. The fraction of sp³-hybridized carbons (Fsp3) is 0.385. The average molecular weight is 511 g/mol. The molecule has 2 N–H and O–H groups in total. The second kappa shape index (κ2) is 5.33. The Kier molecular flexibility index (Phi) is 4.07. The van der Waals surface area contributed by atoms with Crippen LogP contribution in [0, 0.1) is 11.3 Å². The van der Waals surface area contributed by atoms with Crippen LogP contribution in [-0.4, -0.2) is 27.0 Å². The molecule has 0 spiro atoms. The van der Waals surface area contributed by atoms with Crippen LogP contribution in [0.4, 0.5) is 47.2 Å². The summed E-state index contributed by atoms with van der Waals surface area (Å²) in [5.74, 6) is -11.9. The van der Waals surface area contributed by atoms with E-state index >= 15 is 0 Å². The minimum atomic E-state index is -10.2. The summed E-state index contributed by atoms with van der Waals surface area (Å²) in [5, 5.41) is 8.98. The second-order valence-electron chi connectivity index (χ2n) is 6.43. The first-order valence-corrected chi connectivity index (χ1v) is 10.1. The van der Waals surface area contributed by atoms with Gasteiger partial charge in [-0.2, -0.15) is 27.9 Å². The zero-order valence-corrected chi connectivity index (χ0v) is 16.0. The number of nitrogens with zero attached hydrogens (tertiary/aromatic N) is 3. The van der Waals surface area contributed by atoms with E-state index in [1.807, 2.05) is 0 Å². The molecule has 17 heteroatoms. The zero-order chi connectivity index (χ0) is 23.4. The highest BCUT2D eigenvalue weighted by Crippen LogP contribution is 3.02. The fourth-order valence-corrected chi connectivity index (χ4v) is 4.62. The molecule has 3 rings (SSSR count). The molecule has 1 heterocycles. The van der Waals surface area contributed by atoms with Crippen molar-refractivity contribution in [3.05, 3.63) is 33.3 Å². The largest absolute Gasteiger partial charge is 0.384 e. The topological polar surface area (TPSA) is 67.6 Å². The molecule has 0 amide bonds. The van der Waals surface area contributed by atoms with Gasteiger partial charge in [0.05, 0.1) is 10.9 Å². The summed E-state index contributed by atoms with van der Waals surface area (Å²) in [5.41, 5.74) is -2.41. The Morgan fingerprint density at radius 2 is 1.60 bits per heavy atom. The van der Waals surface area contributed by atoms with E-state index in [0.717, 1.165) is 6.07 Å². The molecule has 1 aromatic rings. The number of rotatable bonds is 3. The summed E-state index contributed by atoms with van der Waals surface area (Å²) in [6.45, 7) is 0. The van der Waals surface area contributed by atoms with Crippen molar-refractivity contribution < 1.29 is 41.4 Å². The highest BCUT2D eigenvalue weighted by molar-refractivity contribution is 8.48. The Morgan fingerprint density at radius 1 is 1.10 bits per heavy atom. The maximum absolute atomic E-state index is 14.5. The van der Waals surface area contributed by atoms with Crippen LogP contribution in [0.15, 0.2) is 22.1 Å². The van der Waals surface area contributed by atoms with Crippen LogP contribution in [0.1, 0.15) is 17.3 Å². The molecule has 0 aliphatic heterocycles. The molecule has 1 aromatic heterocycles. The van der Waals surface area contributed by atoms with E-state index in [-0.39, 0.29) is 16.8 Å². The van der Waals surface area contributed by atoms with Gasteiger partial charge in [-0.1, -0.05) is 31.0 Å². The van der Waals surface area contributed by atoms with Crippen LogP contribution in [0.2, 0.25) is 0 Å². The van der Waals surface area contributed by atoms with Crippen molar-refractivity contribution in [3.63, 3.8) is 0 Å². The van der Waals surface area contributed by atoms with Gasteiger partial charge in [0.15, 0.2) is 5.69 Å². The molecule has 30 heavy (non-hydrogen) atoms. The molecule has 0 bridgehead atoms. The first-order valence-electron chi connectivity index (χ1n) is 7.32. The maximum atomic E-state index is 14.5. The summed E-state index contributed by atoms with van der Waals surface area (Å²) >= 11 is 11.2. The minimum Gasteiger partial charge on any atom is -0.384 e. The van der Waals surface area contributed by atoms with Gasteiger partial charge in [0.1, 0.15) is 22.8 Å². The minimum absolute atomic E-state index is 0.148. The van der Waals surface area contributed by atoms with Crippen LogP contribution in [0.5, 0.6) is 0 Å². The Morgan fingerprint density at radius 3 is 1.97 bits per heavy atom. The van der Waals surface area contributed by atoms with E-state index in [9.17, 15) is 41.4 Å². The molecular weight excluding hydrogens is 505 g/mol. The van der Waals surface area contributed by atoms with Crippen molar-refractivity contribution in [1.29, 1.82) is 5.26 Å². The number of anilines is 1. The number of hydrogen-bond donors (Lipinski definition) is 1.